The Bertz CT molecular complexity index is 3210. The normalized spacial score (nSPS) is 11.6. The molecule has 0 amide bonds. The maximum Gasteiger partial charge on any atom is 0.159 e. The molecule has 11 rings (SSSR count). The minimum absolute atomic E-state index is 0.854. The van der Waals surface area contributed by atoms with Crippen molar-refractivity contribution in [3.63, 3.8) is 0 Å². The van der Waals surface area contributed by atoms with Gasteiger partial charge in [-0.2, -0.15) is 0 Å². The molecule has 0 aliphatic heterocycles. The smallest absolute Gasteiger partial charge is 0.159 e. The van der Waals surface area contributed by atoms with Gasteiger partial charge in [-0.1, -0.05) is 158 Å². The number of thiophene rings is 1. The van der Waals surface area contributed by atoms with Gasteiger partial charge in [0, 0.05) is 47.8 Å². The zero-order valence-electron chi connectivity index (χ0n) is 29.8. The summed E-state index contributed by atoms with van der Waals surface area (Å²) in [7, 11) is 0. The van der Waals surface area contributed by atoms with Crippen molar-refractivity contribution in [2.45, 2.75) is 0 Å². The summed E-state index contributed by atoms with van der Waals surface area (Å²) in [6.45, 7) is 0. The Morgan fingerprint density at radius 1 is 0.364 bits per heavy atom. The van der Waals surface area contributed by atoms with Gasteiger partial charge in [0.2, 0.25) is 0 Å². The summed E-state index contributed by atoms with van der Waals surface area (Å²) in [5, 5.41) is 7.26. The largest absolute Gasteiger partial charge is 0.453 e. The number of rotatable bonds is 6. The highest BCUT2D eigenvalue weighted by atomic mass is 32.1. The highest BCUT2D eigenvalue weighted by Gasteiger charge is 2.23. The van der Waals surface area contributed by atoms with Crippen LogP contribution in [-0.2, 0) is 0 Å². The Kier molecular flexibility index (Phi) is 7.39. The lowest BCUT2D eigenvalue weighted by Crippen LogP contribution is -2.11. The molecule has 0 saturated carbocycles. The van der Waals surface area contributed by atoms with Gasteiger partial charge in [0.15, 0.2) is 5.58 Å². The van der Waals surface area contributed by atoms with Gasteiger partial charge in [0.1, 0.15) is 5.58 Å². The molecule has 0 fully saturated rings. The second-order valence-corrected chi connectivity index (χ2v) is 15.1. The van der Waals surface area contributed by atoms with Gasteiger partial charge in [-0.25, -0.2) is 0 Å². The fourth-order valence-corrected chi connectivity index (χ4v) is 9.44. The number of fused-ring (bicyclic) bond motifs is 7. The fourth-order valence-electron chi connectivity index (χ4n) is 8.31. The molecule has 0 atom stereocenters. The Labute approximate surface area is 322 Å². The molecule has 0 unspecified atom stereocenters. The van der Waals surface area contributed by atoms with E-state index in [-0.39, 0.29) is 0 Å². The van der Waals surface area contributed by atoms with Crippen LogP contribution in [-0.4, -0.2) is 0 Å². The molecule has 258 valence electrons. The molecule has 2 aromatic heterocycles. The van der Waals surface area contributed by atoms with Crippen LogP contribution in [0.2, 0.25) is 0 Å². The van der Waals surface area contributed by atoms with Crippen molar-refractivity contribution in [1.29, 1.82) is 0 Å². The van der Waals surface area contributed by atoms with Gasteiger partial charge in [-0.05, 0) is 75.5 Å². The molecule has 55 heavy (non-hydrogen) atoms. The first kappa shape index (κ1) is 31.6. The van der Waals surface area contributed by atoms with Gasteiger partial charge < -0.3 is 9.32 Å². The summed E-state index contributed by atoms with van der Waals surface area (Å²) in [5.74, 6) is 0. The molecule has 9 aromatic carbocycles. The van der Waals surface area contributed by atoms with Crippen molar-refractivity contribution in [1.82, 2.24) is 0 Å². The maximum atomic E-state index is 7.03. The summed E-state index contributed by atoms with van der Waals surface area (Å²) in [5.41, 5.74) is 11.8. The summed E-state index contributed by atoms with van der Waals surface area (Å²) in [6, 6.07) is 72.0. The molecule has 2 nitrogen and oxygen atoms in total. The lowest BCUT2D eigenvalue weighted by molar-refractivity contribution is 0.670. The zero-order valence-corrected chi connectivity index (χ0v) is 30.6. The van der Waals surface area contributed by atoms with E-state index < -0.39 is 0 Å². The fraction of sp³-hybridized carbons (Fsp3) is 0. The molecule has 0 aliphatic rings. The first-order valence-corrected chi connectivity index (χ1v) is 19.5. The van der Waals surface area contributed by atoms with E-state index in [0.29, 0.717) is 0 Å². The summed E-state index contributed by atoms with van der Waals surface area (Å²) < 4.78 is 9.65. The number of hydrogen-bond acceptors (Lipinski definition) is 3. The third-order valence-electron chi connectivity index (χ3n) is 10.9. The summed E-state index contributed by atoms with van der Waals surface area (Å²) in [4.78, 5) is 2.38. The van der Waals surface area contributed by atoms with E-state index in [4.69, 9.17) is 4.42 Å². The van der Waals surface area contributed by atoms with Gasteiger partial charge in [-0.3, -0.25) is 0 Å². The Morgan fingerprint density at radius 3 is 1.85 bits per heavy atom. The van der Waals surface area contributed by atoms with E-state index in [9.17, 15) is 0 Å². The summed E-state index contributed by atoms with van der Waals surface area (Å²) >= 11 is 1.86. The molecule has 0 aliphatic carbocycles. The molecule has 0 N–H and O–H groups in total. The Balaban J connectivity index is 1.13. The van der Waals surface area contributed by atoms with E-state index in [0.717, 1.165) is 61.3 Å². The van der Waals surface area contributed by atoms with Gasteiger partial charge >= 0.3 is 0 Å². The van der Waals surface area contributed by atoms with Gasteiger partial charge in [0.05, 0.1) is 11.4 Å². The minimum Gasteiger partial charge on any atom is -0.453 e. The SMILES string of the molecule is c1ccc(-c2cccc3c2oc2c(N(c4ccc(-c5cccc6sc7ccccc7c56)cc4)c4ccccc4-c4ccc5ccccc5c4)cccc23)cc1. The average molecular weight is 720 g/mol. The van der Waals surface area contributed by atoms with Crippen LogP contribution < -0.4 is 4.90 Å². The lowest BCUT2D eigenvalue weighted by atomic mass is 9.97. The van der Waals surface area contributed by atoms with Crippen molar-refractivity contribution in [3.05, 3.63) is 200 Å². The number of furan rings is 1. The van der Waals surface area contributed by atoms with Crippen LogP contribution in [0.5, 0.6) is 0 Å². The molecular weight excluding hydrogens is 687 g/mol. The molecule has 0 spiro atoms. The van der Waals surface area contributed by atoms with E-state index in [1.54, 1.807) is 0 Å². The van der Waals surface area contributed by atoms with Crippen LogP contribution in [0.3, 0.4) is 0 Å². The maximum absolute atomic E-state index is 7.03. The second-order valence-electron chi connectivity index (χ2n) is 14.0. The highest BCUT2D eigenvalue weighted by molar-refractivity contribution is 7.25. The second kappa shape index (κ2) is 12.9. The van der Waals surface area contributed by atoms with Crippen LogP contribution >= 0.6 is 11.3 Å². The van der Waals surface area contributed by atoms with Crippen LogP contribution in [0.1, 0.15) is 0 Å². The van der Waals surface area contributed by atoms with Crippen LogP contribution in [0, 0.1) is 0 Å². The molecule has 11 aromatic rings. The standard InChI is InChI=1S/C52H33NOS/c1-2-14-35(15-3-1)42-20-10-21-43-44-22-11-24-47(52(44)54-51(42)43)53(46-23-8-6-17-40(46)38-28-27-34-13-4-5-16-37(34)33-38)39-31-29-36(30-32-39)41-19-12-26-49-50(41)45-18-7-9-25-48(45)55-49/h1-33H. The Morgan fingerprint density at radius 2 is 0.964 bits per heavy atom. The predicted octanol–water partition coefficient (Wildman–Crippen LogP) is 15.6. The number of benzene rings is 9. The van der Waals surface area contributed by atoms with Crippen LogP contribution in [0.25, 0.3) is 86.3 Å². The number of hydrogen-bond donors (Lipinski definition) is 0. The first-order valence-electron chi connectivity index (χ1n) is 18.7. The summed E-state index contributed by atoms with van der Waals surface area (Å²) in [6.07, 6.45) is 0. The molecule has 3 heteroatoms. The van der Waals surface area contributed by atoms with Crippen molar-refractivity contribution in [3.8, 4) is 33.4 Å². The lowest BCUT2D eigenvalue weighted by Gasteiger charge is -2.28. The third-order valence-corrected chi connectivity index (χ3v) is 12.0. The van der Waals surface area contributed by atoms with Crippen LogP contribution in [0.15, 0.2) is 205 Å². The van der Waals surface area contributed by atoms with Gasteiger partial charge in [-0.15, -0.1) is 11.3 Å². The van der Waals surface area contributed by atoms with E-state index in [2.05, 4.69) is 205 Å². The topological polar surface area (TPSA) is 16.4 Å². The predicted molar refractivity (Wildman–Crippen MR) is 235 cm³/mol. The molecule has 0 saturated heterocycles. The van der Waals surface area contributed by atoms with Crippen molar-refractivity contribution in [2.75, 3.05) is 4.90 Å². The van der Waals surface area contributed by atoms with Crippen molar-refractivity contribution < 1.29 is 4.42 Å². The average Bonchev–Trinajstić information content (AvgIpc) is 3.84. The van der Waals surface area contributed by atoms with E-state index >= 15 is 0 Å². The van der Waals surface area contributed by atoms with E-state index in [1.807, 2.05) is 11.3 Å². The number of para-hydroxylation sites is 3. The molecule has 0 bridgehead atoms. The van der Waals surface area contributed by atoms with Gasteiger partial charge in [0.25, 0.3) is 0 Å². The van der Waals surface area contributed by atoms with Crippen LogP contribution in [0.4, 0.5) is 17.1 Å². The van der Waals surface area contributed by atoms with Crippen molar-refractivity contribution >= 4 is 81.3 Å². The minimum atomic E-state index is 0.854. The van der Waals surface area contributed by atoms with E-state index in [1.165, 1.54) is 42.1 Å². The molecule has 0 radical (unpaired) electrons. The molecular formula is C52H33NOS. The number of nitrogens with zero attached hydrogens (tertiary/aromatic N) is 1. The molecule has 2 heterocycles. The highest BCUT2D eigenvalue weighted by Crippen LogP contribution is 2.47. The van der Waals surface area contributed by atoms with Crippen molar-refractivity contribution in [2.24, 2.45) is 0 Å². The quantitative estimate of drug-likeness (QED) is 0.170. The monoisotopic (exact) mass is 719 g/mol. The first-order chi connectivity index (χ1) is 27.3. The number of anilines is 3. The third kappa shape index (κ3) is 5.24. The Hall–Kier alpha value is -6.94. The zero-order chi connectivity index (χ0) is 36.3.